The summed E-state index contributed by atoms with van der Waals surface area (Å²) in [6.45, 7) is 0.360. The highest BCUT2D eigenvalue weighted by molar-refractivity contribution is 9.10. The summed E-state index contributed by atoms with van der Waals surface area (Å²) in [5.41, 5.74) is 0.913. The standard InChI is InChI=1S/C12H11BrClN3O/c1-15-12-16-6-9(13)11(17-12)18-7-8-4-2-3-5-10(8)14/h2-6H,7H2,1H3,(H,15,16,17). The Kier molecular flexibility index (Phi) is 4.38. The second-order valence-electron chi connectivity index (χ2n) is 3.48. The minimum atomic E-state index is 0.360. The van der Waals surface area contributed by atoms with E-state index in [-0.39, 0.29) is 0 Å². The lowest BCUT2D eigenvalue weighted by atomic mass is 10.2. The van der Waals surface area contributed by atoms with E-state index in [1.165, 1.54) is 0 Å². The first kappa shape index (κ1) is 13.1. The maximum atomic E-state index is 6.05. The summed E-state index contributed by atoms with van der Waals surface area (Å²) in [7, 11) is 1.75. The van der Waals surface area contributed by atoms with E-state index in [1.54, 1.807) is 13.2 Å². The van der Waals surface area contributed by atoms with Crippen LogP contribution in [0.25, 0.3) is 0 Å². The fourth-order valence-electron chi connectivity index (χ4n) is 1.33. The van der Waals surface area contributed by atoms with E-state index < -0.39 is 0 Å². The zero-order valence-corrected chi connectivity index (χ0v) is 12.0. The van der Waals surface area contributed by atoms with Gasteiger partial charge in [-0.25, -0.2) is 4.98 Å². The minimum absolute atomic E-state index is 0.360. The molecule has 4 nitrogen and oxygen atoms in total. The Morgan fingerprint density at radius 3 is 2.89 bits per heavy atom. The smallest absolute Gasteiger partial charge is 0.233 e. The summed E-state index contributed by atoms with van der Waals surface area (Å²) in [5, 5.41) is 3.53. The molecule has 6 heteroatoms. The molecule has 0 spiro atoms. The second-order valence-corrected chi connectivity index (χ2v) is 4.74. The first-order chi connectivity index (χ1) is 8.70. The third-order valence-corrected chi connectivity index (χ3v) is 3.17. The number of hydrogen-bond donors (Lipinski definition) is 1. The van der Waals surface area contributed by atoms with E-state index in [9.17, 15) is 0 Å². The number of nitrogens with one attached hydrogen (secondary N) is 1. The van der Waals surface area contributed by atoms with Gasteiger partial charge in [0, 0.05) is 17.6 Å². The Labute approximate surface area is 118 Å². The first-order valence-corrected chi connectivity index (χ1v) is 6.44. The molecule has 1 aromatic heterocycles. The van der Waals surface area contributed by atoms with Crippen LogP contribution in [-0.4, -0.2) is 17.0 Å². The monoisotopic (exact) mass is 327 g/mol. The maximum absolute atomic E-state index is 6.05. The summed E-state index contributed by atoms with van der Waals surface area (Å²) in [5.74, 6) is 0.988. The molecule has 0 bridgehead atoms. The van der Waals surface area contributed by atoms with Gasteiger partial charge >= 0.3 is 0 Å². The van der Waals surface area contributed by atoms with Gasteiger partial charge in [-0.3, -0.25) is 0 Å². The Balaban J connectivity index is 2.13. The number of aromatic nitrogens is 2. The Morgan fingerprint density at radius 1 is 1.39 bits per heavy atom. The van der Waals surface area contributed by atoms with Gasteiger partial charge < -0.3 is 10.1 Å². The van der Waals surface area contributed by atoms with Crippen LogP contribution in [0.1, 0.15) is 5.56 Å². The van der Waals surface area contributed by atoms with E-state index in [0.717, 1.165) is 5.56 Å². The molecule has 0 saturated carbocycles. The van der Waals surface area contributed by atoms with Crippen LogP contribution in [-0.2, 0) is 6.61 Å². The third kappa shape index (κ3) is 3.11. The summed E-state index contributed by atoms with van der Waals surface area (Å²) in [4.78, 5) is 8.26. The lowest BCUT2D eigenvalue weighted by Gasteiger charge is -2.09. The number of hydrogen-bond acceptors (Lipinski definition) is 4. The molecule has 2 rings (SSSR count). The molecule has 0 amide bonds. The molecular formula is C12H11BrClN3O. The SMILES string of the molecule is CNc1ncc(Br)c(OCc2ccccc2Cl)n1. The van der Waals surface area contributed by atoms with Crippen LogP contribution in [0.4, 0.5) is 5.95 Å². The topological polar surface area (TPSA) is 47.0 Å². The van der Waals surface area contributed by atoms with Crippen molar-refractivity contribution in [2.75, 3.05) is 12.4 Å². The molecule has 1 heterocycles. The average molecular weight is 329 g/mol. The largest absolute Gasteiger partial charge is 0.472 e. The van der Waals surface area contributed by atoms with Crippen LogP contribution < -0.4 is 10.1 Å². The highest BCUT2D eigenvalue weighted by Gasteiger charge is 2.07. The Morgan fingerprint density at radius 2 is 2.17 bits per heavy atom. The normalized spacial score (nSPS) is 10.2. The van der Waals surface area contributed by atoms with Crippen molar-refractivity contribution in [2.45, 2.75) is 6.61 Å². The molecule has 0 unspecified atom stereocenters. The fraction of sp³-hybridized carbons (Fsp3) is 0.167. The van der Waals surface area contributed by atoms with Crippen molar-refractivity contribution >= 4 is 33.5 Å². The molecule has 0 aliphatic carbocycles. The van der Waals surface area contributed by atoms with E-state index in [2.05, 4.69) is 31.2 Å². The van der Waals surface area contributed by atoms with Crippen LogP contribution in [0.15, 0.2) is 34.9 Å². The third-order valence-electron chi connectivity index (χ3n) is 2.26. The molecule has 1 N–H and O–H groups in total. The van der Waals surface area contributed by atoms with Crippen LogP contribution in [0.5, 0.6) is 5.88 Å². The molecule has 94 valence electrons. The minimum Gasteiger partial charge on any atom is -0.472 e. The van der Waals surface area contributed by atoms with Gasteiger partial charge in [0.1, 0.15) is 6.61 Å². The van der Waals surface area contributed by atoms with Crippen molar-refractivity contribution in [3.05, 3.63) is 45.5 Å². The molecular weight excluding hydrogens is 318 g/mol. The molecule has 0 saturated heterocycles. The van der Waals surface area contributed by atoms with Gasteiger partial charge in [-0.2, -0.15) is 4.98 Å². The molecule has 18 heavy (non-hydrogen) atoms. The number of ether oxygens (including phenoxy) is 1. The zero-order valence-electron chi connectivity index (χ0n) is 9.65. The first-order valence-electron chi connectivity index (χ1n) is 5.27. The molecule has 0 atom stereocenters. The lowest BCUT2D eigenvalue weighted by Crippen LogP contribution is -2.02. The number of rotatable bonds is 4. The van der Waals surface area contributed by atoms with Crippen LogP contribution in [0, 0.1) is 0 Å². The predicted octanol–water partition coefficient (Wildman–Crippen LogP) is 3.51. The molecule has 0 fully saturated rings. The van der Waals surface area contributed by atoms with Gasteiger partial charge in [0.05, 0.1) is 10.7 Å². The van der Waals surface area contributed by atoms with E-state index in [1.807, 2.05) is 24.3 Å². The van der Waals surface area contributed by atoms with Crippen LogP contribution >= 0.6 is 27.5 Å². The van der Waals surface area contributed by atoms with Crippen molar-refractivity contribution in [2.24, 2.45) is 0 Å². The van der Waals surface area contributed by atoms with Gasteiger partial charge in [0.2, 0.25) is 11.8 Å². The van der Waals surface area contributed by atoms with Gasteiger partial charge in [-0.05, 0) is 22.0 Å². The van der Waals surface area contributed by atoms with E-state index in [0.29, 0.717) is 27.9 Å². The van der Waals surface area contributed by atoms with E-state index in [4.69, 9.17) is 16.3 Å². The molecule has 2 aromatic rings. The molecule has 0 aliphatic rings. The van der Waals surface area contributed by atoms with Crippen molar-refractivity contribution in [1.29, 1.82) is 0 Å². The zero-order chi connectivity index (χ0) is 13.0. The Hall–Kier alpha value is -1.33. The fourth-order valence-corrected chi connectivity index (χ4v) is 1.83. The molecule has 0 radical (unpaired) electrons. The summed E-state index contributed by atoms with van der Waals surface area (Å²) >= 11 is 9.39. The quantitative estimate of drug-likeness (QED) is 0.933. The number of benzene rings is 1. The van der Waals surface area contributed by atoms with Gasteiger partial charge in [0.15, 0.2) is 0 Å². The van der Waals surface area contributed by atoms with Crippen LogP contribution in [0.3, 0.4) is 0 Å². The summed E-state index contributed by atoms with van der Waals surface area (Å²) < 4.78 is 6.33. The highest BCUT2D eigenvalue weighted by Crippen LogP contribution is 2.24. The average Bonchev–Trinajstić information content (AvgIpc) is 2.39. The van der Waals surface area contributed by atoms with Gasteiger partial charge in [-0.1, -0.05) is 29.8 Å². The van der Waals surface area contributed by atoms with Crippen molar-refractivity contribution in [1.82, 2.24) is 9.97 Å². The van der Waals surface area contributed by atoms with E-state index >= 15 is 0 Å². The predicted molar refractivity (Wildman–Crippen MR) is 75.1 cm³/mol. The van der Waals surface area contributed by atoms with Gasteiger partial charge in [-0.15, -0.1) is 0 Å². The maximum Gasteiger partial charge on any atom is 0.233 e. The molecule has 1 aromatic carbocycles. The lowest BCUT2D eigenvalue weighted by molar-refractivity contribution is 0.291. The van der Waals surface area contributed by atoms with Crippen molar-refractivity contribution in [3.8, 4) is 5.88 Å². The summed E-state index contributed by atoms with van der Waals surface area (Å²) in [6, 6.07) is 7.54. The summed E-state index contributed by atoms with van der Waals surface area (Å²) in [6.07, 6.45) is 1.64. The second kappa shape index (κ2) is 6.02. The van der Waals surface area contributed by atoms with Gasteiger partial charge in [0.25, 0.3) is 0 Å². The highest BCUT2D eigenvalue weighted by atomic mass is 79.9. The molecule has 0 aliphatic heterocycles. The van der Waals surface area contributed by atoms with Crippen LogP contribution in [0.2, 0.25) is 5.02 Å². The van der Waals surface area contributed by atoms with Crippen molar-refractivity contribution < 1.29 is 4.74 Å². The number of anilines is 1. The number of nitrogens with zero attached hydrogens (tertiary/aromatic N) is 2. The Bertz CT molecular complexity index is 551. The van der Waals surface area contributed by atoms with Crippen molar-refractivity contribution in [3.63, 3.8) is 0 Å². The number of halogens is 2.